The van der Waals surface area contributed by atoms with Crippen molar-refractivity contribution in [2.75, 3.05) is 0 Å². The fraction of sp³-hybridized carbons (Fsp3) is 0. The van der Waals surface area contributed by atoms with Crippen LogP contribution in [0.1, 0.15) is 31.8 Å². The van der Waals surface area contributed by atoms with Gasteiger partial charge in [-0.25, -0.2) is 0 Å². The molecule has 3 nitrogen and oxygen atoms in total. The maximum Gasteiger partial charge on any atom is 0.194 e. The first kappa shape index (κ1) is 18.1. The third-order valence-corrected chi connectivity index (χ3v) is 6.60. The Balaban J connectivity index is 1.56. The van der Waals surface area contributed by atoms with E-state index < -0.39 is 0 Å². The molecule has 0 saturated carbocycles. The summed E-state index contributed by atoms with van der Waals surface area (Å²) in [6.07, 6.45) is 0. The van der Waals surface area contributed by atoms with Gasteiger partial charge in [0.2, 0.25) is 0 Å². The van der Waals surface area contributed by atoms with Gasteiger partial charge >= 0.3 is 0 Å². The molecule has 0 aliphatic heterocycles. The highest BCUT2D eigenvalue weighted by molar-refractivity contribution is 6.29. The molecule has 0 spiro atoms. The minimum atomic E-state index is -0.122. The van der Waals surface area contributed by atoms with Gasteiger partial charge in [-0.1, -0.05) is 72.8 Å². The first-order valence-corrected chi connectivity index (χ1v) is 10.9. The summed E-state index contributed by atoms with van der Waals surface area (Å²) < 4.78 is 6.34. The molecule has 1 aliphatic carbocycles. The lowest BCUT2D eigenvalue weighted by atomic mass is 9.82. The van der Waals surface area contributed by atoms with E-state index in [1.165, 1.54) is 0 Å². The van der Waals surface area contributed by atoms with Gasteiger partial charge in [-0.15, -0.1) is 0 Å². The third-order valence-electron chi connectivity index (χ3n) is 6.60. The number of para-hydroxylation sites is 1. The Morgan fingerprint density at radius 2 is 1.15 bits per heavy atom. The molecular weight excluding hydrogens is 408 g/mol. The summed E-state index contributed by atoms with van der Waals surface area (Å²) in [4.78, 5) is 26.4. The van der Waals surface area contributed by atoms with Crippen LogP contribution >= 0.6 is 0 Å². The number of carbonyl (C=O) groups excluding carboxylic acids is 2. The van der Waals surface area contributed by atoms with Crippen LogP contribution in [-0.2, 0) is 0 Å². The molecule has 0 radical (unpaired) electrons. The van der Waals surface area contributed by atoms with E-state index in [0.29, 0.717) is 22.3 Å². The standard InChI is InChI=1S/C30H16O3/c31-28-21-10-3-4-11-22(21)29(32)24-16-18(13-14-23(24)28)27-19-8-2-1-7-17(19)15-25-20-9-5-6-12-26(20)33-30(25)27/h1-16H. The van der Waals surface area contributed by atoms with Crippen LogP contribution in [0.3, 0.4) is 0 Å². The highest BCUT2D eigenvalue weighted by atomic mass is 16.3. The van der Waals surface area contributed by atoms with E-state index in [1.54, 1.807) is 30.3 Å². The van der Waals surface area contributed by atoms with Gasteiger partial charge < -0.3 is 4.42 Å². The van der Waals surface area contributed by atoms with Crippen molar-refractivity contribution in [2.45, 2.75) is 0 Å². The topological polar surface area (TPSA) is 47.3 Å². The maximum atomic E-state index is 13.3. The zero-order valence-electron chi connectivity index (χ0n) is 17.5. The predicted octanol–water partition coefficient (Wildman–Crippen LogP) is 7.18. The molecule has 6 aromatic rings. The van der Waals surface area contributed by atoms with E-state index in [9.17, 15) is 9.59 Å². The van der Waals surface area contributed by atoms with Crippen LogP contribution in [0.15, 0.2) is 101 Å². The van der Waals surface area contributed by atoms with Gasteiger partial charge in [-0.3, -0.25) is 9.59 Å². The summed E-state index contributed by atoms with van der Waals surface area (Å²) in [7, 11) is 0. The summed E-state index contributed by atoms with van der Waals surface area (Å²) >= 11 is 0. The van der Waals surface area contributed by atoms with Gasteiger partial charge in [-0.2, -0.15) is 0 Å². The number of fused-ring (bicyclic) bond motifs is 6. The van der Waals surface area contributed by atoms with Crippen LogP contribution in [0, 0.1) is 0 Å². The molecule has 0 amide bonds. The number of benzene rings is 5. The van der Waals surface area contributed by atoms with Gasteiger partial charge in [0, 0.05) is 38.6 Å². The molecule has 0 unspecified atom stereocenters. The fourth-order valence-electron chi connectivity index (χ4n) is 5.06. The Morgan fingerprint density at radius 3 is 1.97 bits per heavy atom. The molecule has 154 valence electrons. The van der Waals surface area contributed by atoms with Gasteiger partial charge in [0.15, 0.2) is 11.6 Å². The van der Waals surface area contributed by atoms with Crippen molar-refractivity contribution in [3.8, 4) is 11.1 Å². The van der Waals surface area contributed by atoms with Crippen LogP contribution in [0.4, 0.5) is 0 Å². The van der Waals surface area contributed by atoms with Crippen molar-refractivity contribution in [1.82, 2.24) is 0 Å². The largest absolute Gasteiger partial charge is 0.455 e. The van der Waals surface area contributed by atoms with E-state index in [2.05, 4.69) is 24.3 Å². The number of rotatable bonds is 1. The maximum absolute atomic E-state index is 13.3. The van der Waals surface area contributed by atoms with Crippen molar-refractivity contribution >= 4 is 44.3 Å². The molecule has 0 N–H and O–H groups in total. The molecule has 1 aliphatic rings. The number of furan rings is 1. The molecule has 1 aromatic heterocycles. The normalized spacial score (nSPS) is 13.0. The van der Waals surface area contributed by atoms with E-state index >= 15 is 0 Å². The monoisotopic (exact) mass is 424 g/mol. The highest BCUT2D eigenvalue weighted by Crippen LogP contribution is 2.42. The zero-order chi connectivity index (χ0) is 22.1. The number of carbonyl (C=O) groups is 2. The minimum absolute atomic E-state index is 0.112. The summed E-state index contributed by atoms with van der Waals surface area (Å²) in [6, 6.07) is 30.9. The number of ketones is 2. The summed E-state index contributed by atoms with van der Waals surface area (Å²) in [6.45, 7) is 0. The lowest BCUT2D eigenvalue weighted by Crippen LogP contribution is -2.20. The molecule has 0 bridgehead atoms. The minimum Gasteiger partial charge on any atom is -0.455 e. The third kappa shape index (κ3) is 2.45. The average Bonchev–Trinajstić information content (AvgIpc) is 3.23. The molecule has 33 heavy (non-hydrogen) atoms. The first-order chi connectivity index (χ1) is 16.2. The number of hydrogen-bond donors (Lipinski definition) is 0. The quantitative estimate of drug-likeness (QED) is 0.280. The molecule has 5 aromatic carbocycles. The fourth-order valence-corrected chi connectivity index (χ4v) is 5.06. The van der Waals surface area contributed by atoms with Crippen molar-refractivity contribution < 1.29 is 14.0 Å². The van der Waals surface area contributed by atoms with Gasteiger partial charge in [0.1, 0.15) is 11.2 Å². The highest BCUT2D eigenvalue weighted by Gasteiger charge is 2.30. The van der Waals surface area contributed by atoms with Gasteiger partial charge in [0.05, 0.1) is 0 Å². The lowest BCUT2D eigenvalue weighted by Gasteiger charge is -2.18. The Kier molecular flexibility index (Phi) is 3.57. The Labute approximate surface area is 188 Å². The van der Waals surface area contributed by atoms with E-state index in [0.717, 1.165) is 43.8 Å². The molecule has 3 heteroatoms. The van der Waals surface area contributed by atoms with Crippen molar-refractivity contribution in [2.24, 2.45) is 0 Å². The van der Waals surface area contributed by atoms with Crippen LogP contribution in [0.2, 0.25) is 0 Å². The van der Waals surface area contributed by atoms with Crippen LogP contribution in [-0.4, -0.2) is 11.6 Å². The number of hydrogen-bond acceptors (Lipinski definition) is 3. The Hall–Kier alpha value is -4.50. The van der Waals surface area contributed by atoms with Crippen LogP contribution < -0.4 is 0 Å². The Morgan fingerprint density at radius 1 is 0.515 bits per heavy atom. The smallest absolute Gasteiger partial charge is 0.194 e. The molecule has 0 saturated heterocycles. The van der Waals surface area contributed by atoms with E-state index in [1.807, 2.05) is 42.5 Å². The zero-order valence-corrected chi connectivity index (χ0v) is 17.5. The summed E-state index contributed by atoms with van der Waals surface area (Å²) in [5.74, 6) is -0.235. The van der Waals surface area contributed by atoms with Crippen LogP contribution in [0.5, 0.6) is 0 Å². The molecule has 0 fully saturated rings. The first-order valence-electron chi connectivity index (χ1n) is 10.9. The average molecular weight is 424 g/mol. The molecule has 7 rings (SSSR count). The lowest BCUT2D eigenvalue weighted by molar-refractivity contribution is 0.0979. The van der Waals surface area contributed by atoms with E-state index in [-0.39, 0.29) is 11.6 Å². The second-order valence-corrected chi connectivity index (χ2v) is 8.41. The van der Waals surface area contributed by atoms with E-state index in [4.69, 9.17) is 4.42 Å². The Bertz CT molecular complexity index is 1800. The SMILES string of the molecule is O=C1c2ccccc2C(=O)c2cc(-c3c4ccccc4cc4c3oc3ccccc34)ccc21. The second kappa shape index (κ2) is 6.50. The molecule has 0 atom stereocenters. The van der Waals surface area contributed by atoms with Crippen molar-refractivity contribution in [3.63, 3.8) is 0 Å². The second-order valence-electron chi connectivity index (χ2n) is 8.41. The van der Waals surface area contributed by atoms with Crippen molar-refractivity contribution in [3.05, 3.63) is 119 Å². The molecule has 1 heterocycles. The molecular formula is C30H16O3. The van der Waals surface area contributed by atoms with Gasteiger partial charge in [-0.05, 0) is 40.6 Å². The van der Waals surface area contributed by atoms with Gasteiger partial charge in [0.25, 0.3) is 0 Å². The summed E-state index contributed by atoms with van der Waals surface area (Å²) in [5, 5.41) is 4.22. The van der Waals surface area contributed by atoms with Crippen LogP contribution in [0.25, 0.3) is 43.8 Å². The van der Waals surface area contributed by atoms with Crippen molar-refractivity contribution in [1.29, 1.82) is 0 Å². The predicted molar refractivity (Wildman–Crippen MR) is 130 cm³/mol. The summed E-state index contributed by atoms with van der Waals surface area (Å²) in [5.41, 5.74) is 5.20.